The number of Topliss-reactive ketones (excluding diaryl/α,β-unsaturated/α-hetero) is 1. The SMILES string of the molecule is C[C@@H](OC(=O)Cc1ccc(F)cc1)C(=O)c1ccc(NS(C)(=O)=O)cc1. The summed E-state index contributed by atoms with van der Waals surface area (Å²) in [5.41, 5.74) is 1.18. The molecule has 0 bridgehead atoms. The van der Waals surface area contributed by atoms with E-state index in [0.29, 0.717) is 11.3 Å². The van der Waals surface area contributed by atoms with Crippen molar-refractivity contribution >= 4 is 27.5 Å². The van der Waals surface area contributed by atoms with E-state index in [1.165, 1.54) is 55.5 Å². The zero-order valence-electron chi connectivity index (χ0n) is 14.2. The van der Waals surface area contributed by atoms with E-state index in [0.717, 1.165) is 6.26 Å². The maximum atomic E-state index is 12.8. The molecule has 0 unspecified atom stereocenters. The highest BCUT2D eigenvalue weighted by atomic mass is 32.2. The van der Waals surface area contributed by atoms with E-state index in [1.54, 1.807) is 0 Å². The monoisotopic (exact) mass is 379 g/mol. The van der Waals surface area contributed by atoms with Crippen molar-refractivity contribution in [3.8, 4) is 0 Å². The molecule has 1 atom stereocenters. The molecule has 0 spiro atoms. The number of ether oxygens (including phenoxy) is 1. The number of anilines is 1. The fraction of sp³-hybridized carbons (Fsp3) is 0.222. The fourth-order valence-electron chi connectivity index (χ4n) is 2.21. The van der Waals surface area contributed by atoms with Gasteiger partial charge in [0.1, 0.15) is 5.82 Å². The molecular weight excluding hydrogens is 361 g/mol. The second kappa shape index (κ2) is 8.09. The van der Waals surface area contributed by atoms with E-state index in [4.69, 9.17) is 4.74 Å². The first-order valence-corrected chi connectivity index (χ1v) is 9.59. The van der Waals surface area contributed by atoms with Crippen LogP contribution < -0.4 is 4.72 Å². The summed E-state index contributed by atoms with van der Waals surface area (Å²) in [5, 5.41) is 0. The number of benzene rings is 2. The highest BCUT2D eigenvalue weighted by Crippen LogP contribution is 2.14. The summed E-state index contributed by atoms with van der Waals surface area (Å²) in [6.45, 7) is 1.45. The van der Waals surface area contributed by atoms with Crippen molar-refractivity contribution in [1.29, 1.82) is 0 Å². The Bertz CT molecular complexity index is 892. The van der Waals surface area contributed by atoms with Gasteiger partial charge in [-0.25, -0.2) is 12.8 Å². The van der Waals surface area contributed by atoms with E-state index >= 15 is 0 Å². The summed E-state index contributed by atoms with van der Waals surface area (Å²) < 4.78 is 42.6. The predicted octanol–water partition coefficient (Wildman–Crippen LogP) is 2.55. The van der Waals surface area contributed by atoms with Gasteiger partial charge >= 0.3 is 5.97 Å². The first-order valence-electron chi connectivity index (χ1n) is 7.70. The lowest BCUT2D eigenvalue weighted by Gasteiger charge is -2.13. The first-order chi connectivity index (χ1) is 12.1. The van der Waals surface area contributed by atoms with Crippen LogP contribution >= 0.6 is 0 Å². The number of nitrogens with one attached hydrogen (secondary N) is 1. The van der Waals surface area contributed by atoms with Crippen LogP contribution in [0, 0.1) is 5.82 Å². The molecule has 0 aliphatic rings. The van der Waals surface area contributed by atoms with E-state index in [2.05, 4.69) is 4.72 Å². The summed E-state index contributed by atoms with van der Waals surface area (Å²) >= 11 is 0. The van der Waals surface area contributed by atoms with E-state index in [1.807, 2.05) is 0 Å². The maximum absolute atomic E-state index is 12.8. The molecule has 0 amide bonds. The molecule has 2 rings (SSSR count). The Kier molecular flexibility index (Phi) is 6.10. The molecule has 0 heterocycles. The lowest BCUT2D eigenvalue weighted by atomic mass is 10.1. The molecule has 1 N–H and O–H groups in total. The molecule has 0 fully saturated rings. The Morgan fingerprint density at radius 3 is 2.19 bits per heavy atom. The number of ketones is 1. The van der Waals surface area contributed by atoms with Crippen molar-refractivity contribution in [1.82, 2.24) is 0 Å². The average Bonchev–Trinajstić information content (AvgIpc) is 2.55. The van der Waals surface area contributed by atoms with Crippen LogP contribution in [0.5, 0.6) is 0 Å². The molecule has 0 saturated heterocycles. The van der Waals surface area contributed by atoms with Gasteiger partial charge in [0.2, 0.25) is 15.8 Å². The Morgan fingerprint density at radius 1 is 1.08 bits per heavy atom. The minimum atomic E-state index is -3.40. The summed E-state index contributed by atoms with van der Waals surface area (Å²) in [6.07, 6.45) is -0.0548. The molecule has 0 aliphatic carbocycles. The number of hydrogen-bond acceptors (Lipinski definition) is 5. The molecule has 26 heavy (non-hydrogen) atoms. The quantitative estimate of drug-likeness (QED) is 0.590. The van der Waals surface area contributed by atoms with Gasteiger partial charge in [0, 0.05) is 11.3 Å². The van der Waals surface area contributed by atoms with Gasteiger partial charge in [0.15, 0.2) is 6.10 Å². The van der Waals surface area contributed by atoms with Crippen LogP contribution in [0.1, 0.15) is 22.8 Å². The van der Waals surface area contributed by atoms with Gasteiger partial charge in [-0.2, -0.15) is 0 Å². The average molecular weight is 379 g/mol. The molecule has 0 aliphatic heterocycles. The minimum absolute atomic E-state index is 0.0743. The highest BCUT2D eigenvalue weighted by Gasteiger charge is 2.19. The summed E-state index contributed by atoms with van der Waals surface area (Å²) in [7, 11) is -3.40. The Balaban J connectivity index is 1.95. The molecule has 2 aromatic carbocycles. The van der Waals surface area contributed by atoms with Gasteiger partial charge < -0.3 is 4.74 Å². The maximum Gasteiger partial charge on any atom is 0.310 e. The van der Waals surface area contributed by atoms with Crippen molar-refractivity contribution in [3.05, 3.63) is 65.5 Å². The summed E-state index contributed by atoms with van der Waals surface area (Å²) in [6, 6.07) is 11.2. The Labute approximate surface area is 151 Å². The Hall–Kier alpha value is -2.74. The smallest absolute Gasteiger partial charge is 0.310 e. The number of halogens is 1. The number of carbonyl (C=O) groups is 2. The Morgan fingerprint density at radius 2 is 1.65 bits per heavy atom. The highest BCUT2D eigenvalue weighted by molar-refractivity contribution is 7.92. The van der Waals surface area contributed by atoms with Crippen molar-refractivity contribution in [3.63, 3.8) is 0 Å². The second-order valence-electron chi connectivity index (χ2n) is 5.75. The standard InChI is InChI=1S/C18H18FNO5S/c1-12(25-17(21)11-13-3-7-15(19)8-4-13)18(22)14-5-9-16(10-6-14)20-26(2,23)24/h3-10,12,20H,11H2,1-2H3/t12-/m1/s1. The zero-order chi connectivity index (χ0) is 19.3. The summed E-state index contributed by atoms with van der Waals surface area (Å²) in [5.74, 6) is -1.42. The van der Waals surface area contributed by atoms with Crippen LogP contribution in [-0.4, -0.2) is 32.5 Å². The van der Waals surface area contributed by atoms with Crippen molar-refractivity contribution in [2.45, 2.75) is 19.4 Å². The van der Waals surface area contributed by atoms with Gasteiger partial charge in [0.05, 0.1) is 12.7 Å². The van der Waals surface area contributed by atoms with Crippen LogP contribution in [0.15, 0.2) is 48.5 Å². The second-order valence-corrected chi connectivity index (χ2v) is 7.50. The largest absolute Gasteiger partial charge is 0.454 e. The normalized spacial score (nSPS) is 12.3. The van der Waals surface area contributed by atoms with Crippen molar-refractivity contribution < 1.29 is 27.1 Å². The topological polar surface area (TPSA) is 89.5 Å². The predicted molar refractivity (Wildman–Crippen MR) is 94.9 cm³/mol. The third-order valence-corrected chi connectivity index (χ3v) is 4.02. The van der Waals surface area contributed by atoms with Crippen LogP contribution in [0.25, 0.3) is 0 Å². The third kappa shape index (κ3) is 5.96. The lowest BCUT2D eigenvalue weighted by molar-refractivity contribution is -0.145. The minimum Gasteiger partial charge on any atom is -0.454 e. The van der Waals surface area contributed by atoms with E-state index in [9.17, 15) is 22.4 Å². The van der Waals surface area contributed by atoms with Gasteiger partial charge in [-0.1, -0.05) is 12.1 Å². The van der Waals surface area contributed by atoms with Gasteiger partial charge in [-0.05, 0) is 48.9 Å². The fourth-order valence-corrected chi connectivity index (χ4v) is 2.78. The van der Waals surface area contributed by atoms with Crippen LogP contribution in [0.3, 0.4) is 0 Å². The van der Waals surface area contributed by atoms with Crippen LogP contribution in [0.2, 0.25) is 0 Å². The number of esters is 1. The lowest BCUT2D eigenvalue weighted by Crippen LogP contribution is -2.25. The zero-order valence-corrected chi connectivity index (χ0v) is 15.0. The molecule has 6 nitrogen and oxygen atoms in total. The van der Waals surface area contributed by atoms with Crippen LogP contribution in [-0.2, 0) is 26.0 Å². The summed E-state index contributed by atoms with van der Waals surface area (Å²) in [4.78, 5) is 24.2. The number of carbonyl (C=O) groups excluding carboxylic acids is 2. The molecule has 8 heteroatoms. The number of sulfonamides is 1. The molecular formula is C18H18FNO5S. The van der Waals surface area contributed by atoms with E-state index in [-0.39, 0.29) is 12.0 Å². The molecule has 0 saturated carbocycles. The molecule has 138 valence electrons. The molecule has 0 aromatic heterocycles. The van der Waals surface area contributed by atoms with Crippen molar-refractivity contribution in [2.75, 3.05) is 11.0 Å². The molecule has 2 aromatic rings. The number of hydrogen-bond donors (Lipinski definition) is 1. The van der Waals surface area contributed by atoms with Crippen LogP contribution in [0.4, 0.5) is 10.1 Å². The molecule has 0 radical (unpaired) electrons. The third-order valence-electron chi connectivity index (χ3n) is 3.41. The number of rotatable bonds is 7. The van der Waals surface area contributed by atoms with Crippen molar-refractivity contribution in [2.24, 2.45) is 0 Å². The first kappa shape index (κ1) is 19.6. The van der Waals surface area contributed by atoms with Gasteiger partial charge in [-0.15, -0.1) is 0 Å². The van der Waals surface area contributed by atoms with E-state index < -0.39 is 33.7 Å². The van der Waals surface area contributed by atoms with Gasteiger partial charge in [0.25, 0.3) is 0 Å². The van der Waals surface area contributed by atoms with Gasteiger partial charge in [-0.3, -0.25) is 14.3 Å².